The topological polar surface area (TPSA) is 51.8 Å². The maximum Gasteiger partial charge on any atom is 0.181 e. The van der Waals surface area contributed by atoms with Crippen LogP contribution in [0.3, 0.4) is 0 Å². The zero-order valence-corrected chi connectivity index (χ0v) is 12.2. The minimum absolute atomic E-state index is 0.283. The maximum atomic E-state index is 5.56. The standard InChI is InChI=1S/C17H17N3O/c1-12(2)17-18-9-8-14(20-17)16-15(19-11-21-16)10-13-6-4-3-5-7-13/h3-9,11-12H,10H2,1-2H3. The Balaban J connectivity index is 1.94. The van der Waals surface area contributed by atoms with Gasteiger partial charge in [-0.05, 0) is 11.6 Å². The van der Waals surface area contributed by atoms with Crippen LogP contribution in [0, 0.1) is 0 Å². The van der Waals surface area contributed by atoms with Gasteiger partial charge in [0.2, 0.25) is 0 Å². The molecule has 0 spiro atoms. The maximum absolute atomic E-state index is 5.56. The van der Waals surface area contributed by atoms with Crippen molar-refractivity contribution in [3.63, 3.8) is 0 Å². The van der Waals surface area contributed by atoms with Crippen LogP contribution < -0.4 is 0 Å². The molecule has 0 bridgehead atoms. The minimum atomic E-state index is 0.283. The molecule has 0 N–H and O–H groups in total. The number of rotatable bonds is 4. The second-order valence-electron chi connectivity index (χ2n) is 5.25. The van der Waals surface area contributed by atoms with Crippen molar-refractivity contribution in [3.05, 3.63) is 66.1 Å². The van der Waals surface area contributed by atoms with Crippen LogP contribution in [0.25, 0.3) is 11.5 Å². The summed E-state index contributed by atoms with van der Waals surface area (Å²) >= 11 is 0. The molecule has 0 aliphatic heterocycles. The van der Waals surface area contributed by atoms with Gasteiger partial charge in [-0.15, -0.1) is 0 Å². The van der Waals surface area contributed by atoms with Gasteiger partial charge in [0.05, 0.1) is 5.69 Å². The van der Waals surface area contributed by atoms with Crippen molar-refractivity contribution in [1.29, 1.82) is 0 Å². The molecule has 3 rings (SSSR count). The molecule has 0 radical (unpaired) electrons. The fourth-order valence-electron chi connectivity index (χ4n) is 2.17. The second kappa shape index (κ2) is 5.87. The average Bonchev–Trinajstić information content (AvgIpc) is 2.96. The van der Waals surface area contributed by atoms with Crippen molar-refractivity contribution in [2.45, 2.75) is 26.2 Å². The molecule has 106 valence electrons. The zero-order valence-electron chi connectivity index (χ0n) is 12.2. The molecule has 0 unspecified atom stereocenters. The average molecular weight is 279 g/mol. The lowest BCUT2D eigenvalue weighted by molar-refractivity contribution is 0.567. The van der Waals surface area contributed by atoms with Crippen molar-refractivity contribution in [2.75, 3.05) is 0 Å². The quantitative estimate of drug-likeness (QED) is 0.728. The molecule has 1 aromatic carbocycles. The number of aromatic nitrogens is 3. The van der Waals surface area contributed by atoms with Crippen molar-refractivity contribution in [1.82, 2.24) is 15.0 Å². The van der Waals surface area contributed by atoms with Gasteiger partial charge in [-0.3, -0.25) is 0 Å². The van der Waals surface area contributed by atoms with E-state index in [-0.39, 0.29) is 5.92 Å². The van der Waals surface area contributed by atoms with E-state index in [4.69, 9.17) is 4.42 Å². The Morgan fingerprint density at radius 3 is 2.62 bits per heavy atom. The highest BCUT2D eigenvalue weighted by molar-refractivity contribution is 5.55. The van der Waals surface area contributed by atoms with Crippen LogP contribution in [-0.4, -0.2) is 15.0 Å². The van der Waals surface area contributed by atoms with Crippen LogP contribution in [0.5, 0.6) is 0 Å². The molecule has 2 heterocycles. The van der Waals surface area contributed by atoms with Crippen LogP contribution in [-0.2, 0) is 6.42 Å². The summed E-state index contributed by atoms with van der Waals surface area (Å²) in [7, 11) is 0. The van der Waals surface area contributed by atoms with Crippen LogP contribution in [0.2, 0.25) is 0 Å². The Hall–Kier alpha value is -2.49. The van der Waals surface area contributed by atoms with E-state index in [0.717, 1.165) is 29.4 Å². The Morgan fingerprint density at radius 1 is 1.05 bits per heavy atom. The van der Waals surface area contributed by atoms with Crippen LogP contribution in [0.4, 0.5) is 0 Å². The Bertz CT molecular complexity index is 720. The second-order valence-corrected chi connectivity index (χ2v) is 5.25. The Kier molecular flexibility index (Phi) is 3.77. The summed E-state index contributed by atoms with van der Waals surface area (Å²) in [5.74, 6) is 1.82. The molecule has 0 fully saturated rings. The van der Waals surface area contributed by atoms with E-state index in [9.17, 15) is 0 Å². The summed E-state index contributed by atoms with van der Waals surface area (Å²) in [6.45, 7) is 4.15. The molecule has 21 heavy (non-hydrogen) atoms. The van der Waals surface area contributed by atoms with Gasteiger partial charge in [-0.2, -0.15) is 0 Å². The van der Waals surface area contributed by atoms with E-state index in [1.165, 1.54) is 12.0 Å². The fourth-order valence-corrected chi connectivity index (χ4v) is 2.17. The molecule has 4 heteroatoms. The van der Waals surface area contributed by atoms with Crippen LogP contribution >= 0.6 is 0 Å². The summed E-state index contributed by atoms with van der Waals surface area (Å²) in [6.07, 6.45) is 3.98. The van der Waals surface area contributed by atoms with Gasteiger partial charge in [0.25, 0.3) is 0 Å². The lowest BCUT2D eigenvalue weighted by Crippen LogP contribution is -1.99. The zero-order chi connectivity index (χ0) is 14.7. The molecule has 2 aromatic heterocycles. The molecule has 3 aromatic rings. The summed E-state index contributed by atoms with van der Waals surface area (Å²) in [6, 6.07) is 12.1. The first-order chi connectivity index (χ1) is 10.2. The smallest absolute Gasteiger partial charge is 0.181 e. The number of benzene rings is 1. The van der Waals surface area contributed by atoms with Gasteiger partial charge in [0, 0.05) is 18.5 Å². The lowest BCUT2D eigenvalue weighted by atomic mass is 10.1. The number of oxazole rings is 1. The van der Waals surface area contributed by atoms with Crippen molar-refractivity contribution >= 4 is 0 Å². The van der Waals surface area contributed by atoms with E-state index in [0.29, 0.717) is 0 Å². The van der Waals surface area contributed by atoms with E-state index in [1.807, 2.05) is 24.3 Å². The summed E-state index contributed by atoms with van der Waals surface area (Å²) < 4.78 is 5.56. The molecule has 0 saturated heterocycles. The number of hydrogen-bond donors (Lipinski definition) is 0. The highest BCUT2D eigenvalue weighted by Gasteiger charge is 2.14. The molecule has 0 atom stereocenters. The number of hydrogen-bond acceptors (Lipinski definition) is 4. The third kappa shape index (κ3) is 2.99. The third-order valence-corrected chi connectivity index (χ3v) is 3.28. The molecule has 0 saturated carbocycles. The molecule has 0 aliphatic carbocycles. The highest BCUT2D eigenvalue weighted by atomic mass is 16.3. The first kappa shape index (κ1) is 13.5. The van der Waals surface area contributed by atoms with E-state index < -0.39 is 0 Å². The van der Waals surface area contributed by atoms with Gasteiger partial charge >= 0.3 is 0 Å². The van der Waals surface area contributed by atoms with Gasteiger partial charge in [0.15, 0.2) is 12.2 Å². The molecule has 0 aliphatic rings. The largest absolute Gasteiger partial charge is 0.442 e. The first-order valence-electron chi connectivity index (χ1n) is 7.03. The van der Waals surface area contributed by atoms with Crippen LogP contribution in [0.15, 0.2) is 53.4 Å². The highest BCUT2D eigenvalue weighted by Crippen LogP contribution is 2.24. The van der Waals surface area contributed by atoms with E-state index in [2.05, 4.69) is 40.9 Å². The normalized spacial score (nSPS) is 11.0. The summed E-state index contributed by atoms with van der Waals surface area (Å²) in [5.41, 5.74) is 2.89. The van der Waals surface area contributed by atoms with E-state index >= 15 is 0 Å². The van der Waals surface area contributed by atoms with Gasteiger partial charge in [-0.1, -0.05) is 44.2 Å². The summed E-state index contributed by atoms with van der Waals surface area (Å²) in [4.78, 5) is 13.2. The molecule has 4 nitrogen and oxygen atoms in total. The molecular weight excluding hydrogens is 262 g/mol. The predicted octanol–water partition coefficient (Wildman–Crippen LogP) is 3.85. The van der Waals surface area contributed by atoms with E-state index in [1.54, 1.807) is 6.20 Å². The lowest BCUT2D eigenvalue weighted by Gasteiger charge is -2.05. The third-order valence-electron chi connectivity index (χ3n) is 3.28. The predicted molar refractivity (Wildman–Crippen MR) is 80.9 cm³/mol. The van der Waals surface area contributed by atoms with Crippen molar-refractivity contribution in [3.8, 4) is 11.5 Å². The van der Waals surface area contributed by atoms with Crippen LogP contribution in [0.1, 0.15) is 36.8 Å². The fraction of sp³-hybridized carbons (Fsp3) is 0.235. The molecule has 0 amide bonds. The Morgan fingerprint density at radius 2 is 1.86 bits per heavy atom. The SMILES string of the molecule is CC(C)c1nccc(-c2ocnc2Cc2ccccc2)n1. The Labute approximate surface area is 123 Å². The number of nitrogens with zero attached hydrogens (tertiary/aromatic N) is 3. The first-order valence-corrected chi connectivity index (χ1v) is 7.03. The molecular formula is C17H17N3O. The van der Waals surface area contributed by atoms with Gasteiger partial charge in [0.1, 0.15) is 11.5 Å². The van der Waals surface area contributed by atoms with Gasteiger partial charge in [-0.25, -0.2) is 15.0 Å². The van der Waals surface area contributed by atoms with Crippen molar-refractivity contribution in [2.24, 2.45) is 0 Å². The summed E-state index contributed by atoms with van der Waals surface area (Å²) in [5, 5.41) is 0. The monoisotopic (exact) mass is 279 g/mol. The van der Waals surface area contributed by atoms with Crippen molar-refractivity contribution < 1.29 is 4.42 Å². The van der Waals surface area contributed by atoms with Gasteiger partial charge < -0.3 is 4.42 Å². The minimum Gasteiger partial charge on any atom is -0.442 e.